The minimum absolute atomic E-state index is 0. The Hall–Kier alpha value is 1.90. The Morgan fingerprint density at radius 2 is 1.12 bits per heavy atom. The van der Waals surface area contributed by atoms with Gasteiger partial charge in [0.25, 0.3) is 0 Å². The Kier molecular flexibility index (Phi) is 25.1. The molecule has 50 valence electrons. The van der Waals surface area contributed by atoms with E-state index in [2.05, 4.69) is 0 Å². The second-order valence-electron chi connectivity index (χ2n) is 0.513. The van der Waals surface area contributed by atoms with Crippen molar-refractivity contribution >= 4 is 42.8 Å². The van der Waals surface area contributed by atoms with E-state index < -0.39 is 7.82 Å². The predicted molar refractivity (Wildman–Crippen MR) is 35.5 cm³/mol. The Bertz CT molecular complexity index is 62.2. The summed E-state index contributed by atoms with van der Waals surface area (Å²) in [5.74, 6) is 0. The van der Waals surface area contributed by atoms with Crippen molar-refractivity contribution in [1.29, 1.82) is 0 Å². The molecule has 8 heavy (non-hydrogen) atoms. The minimum atomic E-state index is -4.64. The summed E-state index contributed by atoms with van der Waals surface area (Å²) >= 11 is 0. The van der Waals surface area contributed by atoms with Crippen LogP contribution in [-0.2, 0) is 26.3 Å². The molecule has 0 spiro atoms. The molecular formula is H10AlGeO4PTi. The molecule has 0 unspecified atom stereocenters. The molecule has 0 atom stereocenters. The smallest absolute Gasteiger partial charge is 0 e. The molecule has 0 bridgehead atoms. The van der Waals surface area contributed by atoms with Gasteiger partial charge in [-0.15, -0.1) is 0 Å². The molecular weight excluding hydrogens is 242 g/mol. The first kappa shape index (κ1) is 22.5. The van der Waals surface area contributed by atoms with Gasteiger partial charge in [-0.25, -0.2) is 4.57 Å². The van der Waals surface area contributed by atoms with E-state index in [9.17, 15) is 0 Å². The summed E-state index contributed by atoms with van der Waals surface area (Å²) in [5.41, 5.74) is 0. The van der Waals surface area contributed by atoms with Crippen LogP contribution in [0.15, 0.2) is 0 Å². The number of hydrogen-bond acceptors (Lipinski definition) is 1. The molecule has 8 heteroatoms. The van der Waals surface area contributed by atoms with E-state index in [4.69, 9.17) is 19.2 Å². The zero-order valence-electron chi connectivity index (χ0n) is 2.70. The number of hydrogen-bond donors (Lipinski definition) is 3. The molecule has 3 N–H and O–H groups in total. The van der Waals surface area contributed by atoms with Crippen molar-refractivity contribution in [2.24, 2.45) is 0 Å². The molecule has 0 saturated carbocycles. The summed E-state index contributed by atoms with van der Waals surface area (Å²) in [6, 6.07) is 0. The monoisotopic (exact) mass is 254 g/mol. The Morgan fingerprint density at radius 3 is 1.12 bits per heavy atom. The van der Waals surface area contributed by atoms with Gasteiger partial charge in [0.05, 0.1) is 0 Å². The van der Waals surface area contributed by atoms with Crippen LogP contribution in [0.3, 0.4) is 0 Å². The fourth-order valence-corrected chi connectivity index (χ4v) is 0. The molecule has 0 aromatic rings. The maximum atomic E-state index is 8.88. The predicted octanol–water partition coefficient (Wildman–Crippen LogP) is -3.57. The van der Waals surface area contributed by atoms with Gasteiger partial charge in [-0.1, -0.05) is 0 Å². The van der Waals surface area contributed by atoms with E-state index in [0.29, 0.717) is 0 Å². The van der Waals surface area contributed by atoms with Crippen molar-refractivity contribution in [2.45, 2.75) is 0 Å². The normalized spacial score (nSPS) is 7.38. The molecule has 0 rings (SSSR count). The van der Waals surface area contributed by atoms with Crippen LogP contribution in [0.1, 0.15) is 0 Å². The van der Waals surface area contributed by atoms with E-state index in [0.717, 1.165) is 0 Å². The molecule has 0 aromatic carbocycles. The van der Waals surface area contributed by atoms with Crippen LogP contribution in [0.25, 0.3) is 0 Å². The first-order valence-electron chi connectivity index (χ1n) is 0.783. The number of phosphoric acid groups is 1. The maximum absolute atomic E-state index is 8.88. The van der Waals surface area contributed by atoms with Crippen molar-refractivity contribution in [3.8, 4) is 0 Å². The maximum Gasteiger partial charge on any atom is 0 e. The molecule has 0 aliphatic rings. The van der Waals surface area contributed by atoms with Crippen molar-refractivity contribution in [1.82, 2.24) is 0 Å². The van der Waals surface area contributed by atoms with Crippen molar-refractivity contribution in [3.05, 3.63) is 0 Å². The second-order valence-corrected chi connectivity index (χ2v) is 1.54. The van der Waals surface area contributed by atoms with Crippen LogP contribution in [-0.4, -0.2) is 49.6 Å². The molecule has 4 nitrogen and oxygen atoms in total. The third-order valence-electron chi connectivity index (χ3n) is 0. The average molecular weight is 253 g/mol. The summed E-state index contributed by atoms with van der Waals surface area (Å²) < 4.78 is 8.88. The van der Waals surface area contributed by atoms with Gasteiger partial charge in [-0.3, -0.25) is 0 Å². The van der Waals surface area contributed by atoms with Gasteiger partial charge in [0.15, 0.2) is 17.4 Å². The van der Waals surface area contributed by atoms with Gasteiger partial charge >= 0.3 is 25.4 Å². The quantitative estimate of drug-likeness (QED) is 0.308. The molecule has 0 saturated heterocycles. The molecule has 0 heterocycles. The first-order chi connectivity index (χ1) is 2.00. The summed E-state index contributed by atoms with van der Waals surface area (Å²) in [5, 5.41) is 0. The van der Waals surface area contributed by atoms with Crippen LogP contribution in [0.4, 0.5) is 0 Å². The average Bonchev–Trinajstić information content (AvgIpc) is 0.722. The van der Waals surface area contributed by atoms with Crippen LogP contribution < -0.4 is 0 Å². The van der Waals surface area contributed by atoms with Crippen LogP contribution in [0, 0.1) is 0 Å². The van der Waals surface area contributed by atoms with Gasteiger partial charge in [-0.2, -0.15) is 0 Å². The van der Waals surface area contributed by atoms with Gasteiger partial charge in [0.2, 0.25) is 0 Å². The van der Waals surface area contributed by atoms with Gasteiger partial charge in [-0.05, 0) is 0 Å². The summed E-state index contributed by atoms with van der Waals surface area (Å²) in [6.45, 7) is 0. The summed E-state index contributed by atoms with van der Waals surface area (Å²) in [7, 11) is -4.64. The van der Waals surface area contributed by atoms with E-state index in [-0.39, 0.29) is 56.7 Å². The standard InChI is InChI=1S/Al.GeH4.H3O4P.Ti.3H/c;;1-5(2,3)4;;;;/h;1H4;(H3,1,2,3,4);;;;. The number of rotatable bonds is 0. The zero-order valence-corrected chi connectivity index (χ0v) is 5.15. The largest absolute Gasteiger partial charge is 0 e. The minimum Gasteiger partial charge on any atom is 0 e. The fourth-order valence-electron chi connectivity index (χ4n) is 0. The van der Waals surface area contributed by atoms with E-state index in [1.807, 2.05) is 0 Å². The molecule has 0 aromatic heterocycles. The van der Waals surface area contributed by atoms with Crippen molar-refractivity contribution in [2.75, 3.05) is 0 Å². The Balaban J connectivity index is -0.0000000267. The van der Waals surface area contributed by atoms with Crippen LogP contribution in [0.5, 0.6) is 0 Å². The summed E-state index contributed by atoms with van der Waals surface area (Å²) in [6.07, 6.45) is 0. The molecule has 0 radical (unpaired) electrons. The van der Waals surface area contributed by atoms with E-state index in [1.54, 1.807) is 0 Å². The van der Waals surface area contributed by atoms with Gasteiger partial charge < -0.3 is 14.7 Å². The molecule has 0 aliphatic carbocycles. The summed E-state index contributed by atoms with van der Waals surface area (Å²) in [4.78, 5) is 21.6. The van der Waals surface area contributed by atoms with Crippen molar-refractivity contribution < 1.29 is 41.0 Å². The van der Waals surface area contributed by atoms with Gasteiger partial charge in [0.1, 0.15) is 0 Å². The van der Waals surface area contributed by atoms with Gasteiger partial charge in [0, 0.05) is 21.7 Å². The van der Waals surface area contributed by atoms with E-state index >= 15 is 0 Å². The van der Waals surface area contributed by atoms with Crippen molar-refractivity contribution in [3.63, 3.8) is 0 Å². The third-order valence-corrected chi connectivity index (χ3v) is 0. The second kappa shape index (κ2) is 8.90. The van der Waals surface area contributed by atoms with Crippen LogP contribution >= 0.6 is 7.82 Å². The topological polar surface area (TPSA) is 77.8 Å². The van der Waals surface area contributed by atoms with Crippen LogP contribution in [0.2, 0.25) is 0 Å². The fraction of sp³-hybridized carbons (Fsp3) is 0. The molecule has 0 aliphatic heterocycles. The Labute approximate surface area is 83.3 Å². The molecule has 0 amide bonds. The van der Waals surface area contributed by atoms with E-state index in [1.165, 1.54) is 0 Å². The first-order valence-corrected chi connectivity index (χ1v) is 2.35. The molecule has 0 fully saturated rings. The third kappa shape index (κ3) is 104. The zero-order chi connectivity index (χ0) is 4.50. The Morgan fingerprint density at radius 1 is 1.12 bits per heavy atom. The SMILES string of the molecule is O=P(O)(O)O.[AlH3].[GeH4].[Ti].